The second-order valence-electron chi connectivity index (χ2n) is 5.39. The van der Waals surface area contributed by atoms with E-state index in [0.29, 0.717) is 0 Å². The zero-order chi connectivity index (χ0) is 11.5. The molecule has 17 heavy (non-hydrogen) atoms. The molecule has 0 heteroatoms. The third kappa shape index (κ3) is 2.52. The Hall–Kier alpha value is -1.30. The molecule has 1 aliphatic rings. The monoisotopic (exact) mass is 224 g/mol. The van der Waals surface area contributed by atoms with Crippen molar-refractivity contribution in [2.75, 3.05) is 0 Å². The molecular weight excluding hydrogens is 204 g/mol. The van der Waals surface area contributed by atoms with Crippen molar-refractivity contribution in [2.24, 2.45) is 5.92 Å². The smallest absolute Gasteiger partial charge is 0.0181 e. The predicted octanol–water partition coefficient (Wildman–Crippen LogP) is 4.96. The van der Waals surface area contributed by atoms with E-state index in [9.17, 15) is 0 Å². The van der Waals surface area contributed by atoms with Gasteiger partial charge in [-0.1, -0.05) is 74.6 Å². The molecule has 0 N–H and O–H groups in total. The SMILES string of the molecule is c1ccc2cc(CC3CCCCC3)ccc2c1. The number of rotatable bonds is 2. The summed E-state index contributed by atoms with van der Waals surface area (Å²) >= 11 is 0. The van der Waals surface area contributed by atoms with Gasteiger partial charge in [0.2, 0.25) is 0 Å². The Labute approximate surface area is 104 Å². The van der Waals surface area contributed by atoms with Crippen LogP contribution in [0.1, 0.15) is 37.7 Å². The normalized spacial score (nSPS) is 17.4. The van der Waals surface area contributed by atoms with Gasteiger partial charge in [-0.25, -0.2) is 0 Å². The lowest BCUT2D eigenvalue weighted by Gasteiger charge is -2.21. The second kappa shape index (κ2) is 4.91. The zero-order valence-electron chi connectivity index (χ0n) is 10.4. The van der Waals surface area contributed by atoms with Crippen LogP contribution in [-0.4, -0.2) is 0 Å². The van der Waals surface area contributed by atoms with E-state index in [1.807, 2.05) is 0 Å². The summed E-state index contributed by atoms with van der Waals surface area (Å²) in [6, 6.07) is 15.6. The summed E-state index contributed by atoms with van der Waals surface area (Å²) in [7, 11) is 0. The molecule has 0 aromatic heterocycles. The van der Waals surface area contributed by atoms with Crippen LogP contribution in [0.3, 0.4) is 0 Å². The summed E-state index contributed by atoms with van der Waals surface area (Å²) in [5, 5.41) is 2.75. The molecule has 0 amide bonds. The molecule has 1 saturated carbocycles. The van der Waals surface area contributed by atoms with Gasteiger partial charge in [-0.05, 0) is 28.7 Å². The van der Waals surface area contributed by atoms with Crippen LogP contribution < -0.4 is 0 Å². The van der Waals surface area contributed by atoms with Crippen molar-refractivity contribution in [3.05, 3.63) is 48.0 Å². The highest BCUT2D eigenvalue weighted by molar-refractivity contribution is 5.82. The molecule has 0 atom stereocenters. The fraction of sp³-hybridized carbons (Fsp3) is 0.412. The van der Waals surface area contributed by atoms with E-state index >= 15 is 0 Å². The molecule has 3 rings (SSSR count). The molecule has 2 aromatic carbocycles. The van der Waals surface area contributed by atoms with Crippen LogP contribution in [0.5, 0.6) is 0 Å². The van der Waals surface area contributed by atoms with E-state index in [1.54, 1.807) is 0 Å². The van der Waals surface area contributed by atoms with Crippen LogP contribution in [0.2, 0.25) is 0 Å². The summed E-state index contributed by atoms with van der Waals surface area (Å²) < 4.78 is 0. The number of hydrogen-bond donors (Lipinski definition) is 0. The van der Waals surface area contributed by atoms with Crippen molar-refractivity contribution in [1.82, 2.24) is 0 Å². The Morgan fingerprint density at radius 1 is 0.824 bits per heavy atom. The van der Waals surface area contributed by atoms with E-state index in [-0.39, 0.29) is 0 Å². The van der Waals surface area contributed by atoms with E-state index < -0.39 is 0 Å². The minimum Gasteiger partial charge on any atom is -0.0616 e. The van der Waals surface area contributed by atoms with Crippen LogP contribution in [-0.2, 0) is 6.42 Å². The van der Waals surface area contributed by atoms with Gasteiger partial charge >= 0.3 is 0 Å². The van der Waals surface area contributed by atoms with Crippen LogP contribution in [0, 0.1) is 5.92 Å². The van der Waals surface area contributed by atoms with Gasteiger partial charge in [0.25, 0.3) is 0 Å². The van der Waals surface area contributed by atoms with Crippen molar-refractivity contribution in [2.45, 2.75) is 38.5 Å². The number of hydrogen-bond acceptors (Lipinski definition) is 0. The Morgan fingerprint density at radius 3 is 2.41 bits per heavy atom. The Bertz CT molecular complexity index is 492. The van der Waals surface area contributed by atoms with Crippen LogP contribution in [0.25, 0.3) is 10.8 Å². The zero-order valence-corrected chi connectivity index (χ0v) is 10.4. The minimum absolute atomic E-state index is 0.935. The molecule has 1 fully saturated rings. The first-order valence-electron chi connectivity index (χ1n) is 6.89. The van der Waals surface area contributed by atoms with Gasteiger partial charge in [0.15, 0.2) is 0 Å². The fourth-order valence-corrected chi connectivity index (χ4v) is 3.09. The molecule has 88 valence electrons. The number of fused-ring (bicyclic) bond motifs is 1. The summed E-state index contributed by atoms with van der Waals surface area (Å²) in [5.74, 6) is 0.935. The quantitative estimate of drug-likeness (QED) is 0.676. The van der Waals surface area contributed by atoms with Gasteiger partial charge in [-0.2, -0.15) is 0 Å². The van der Waals surface area contributed by atoms with Gasteiger partial charge < -0.3 is 0 Å². The molecule has 0 heterocycles. The highest BCUT2D eigenvalue weighted by Crippen LogP contribution is 2.27. The van der Waals surface area contributed by atoms with Crippen molar-refractivity contribution >= 4 is 10.8 Å². The minimum atomic E-state index is 0.935. The lowest BCUT2D eigenvalue weighted by atomic mass is 9.84. The second-order valence-corrected chi connectivity index (χ2v) is 5.39. The van der Waals surface area contributed by atoms with Crippen LogP contribution in [0.4, 0.5) is 0 Å². The first kappa shape index (κ1) is 10.8. The van der Waals surface area contributed by atoms with Crippen molar-refractivity contribution in [3.8, 4) is 0 Å². The van der Waals surface area contributed by atoms with E-state index in [1.165, 1.54) is 54.9 Å². The third-order valence-electron chi connectivity index (χ3n) is 4.06. The topological polar surface area (TPSA) is 0 Å². The van der Waals surface area contributed by atoms with Crippen LogP contribution in [0.15, 0.2) is 42.5 Å². The fourth-order valence-electron chi connectivity index (χ4n) is 3.09. The molecule has 2 aromatic rings. The highest BCUT2D eigenvalue weighted by atomic mass is 14.2. The average molecular weight is 224 g/mol. The molecule has 0 spiro atoms. The number of benzene rings is 2. The molecule has 0 bridgehead atoms. The Morgan fingerprint density at radius 2 is 1.59 bits per heavy atom. The molecule has 0 radical (unpaired) electrons. The first-order valence-corrected chi connectivity index (χ1v) is 6.89. The van der Waals surface area contributed by atoms with Crippen molar-refractivity contribution in [3.63, 3.8) is 0 Å². The summed E-state index contributed by atoms with van der Waals surface area (Å²) in [6.07, 6.45) is 8.50. The maximum absolute atomic E-state index is 2.38. The first-order chi connectivity index (χ1) is 8.42. The lowest BCUT2D eigenvalue weighted by Crippen LogP contribution is -2.09. The predicted molar refractivity (Wildman–Crippen MR) is 74.2 cm³/mol. The van der Waals surface area contributed by atoms with E-state index in [2.05, 4.69) is 42.5 Å². The van der Waals surface area contributed by atoms with E-state index in [4.69, 9.17) is 0 Å². The standard InChI is InChI=1S/C17H20/c1-2-6-14(7-3-1)12-15-10-11-16-8-4-5-9-17(16)13-15/h4-5,8-11,13-14H,1-3,6-7,12H2. The van der Waals surface area contributed by atoms with Crippen molar-refractivity contribution in [1.29, 1.82) is 0 Å². The van der Waals surface area contributed by atoms with Gasteiger partial charge in [-0.3, -0.25) is 0 Å². The van der Waals surface area contributed by atoms with Crippen LogP contribution >= 0.6 is 0 Å². The molecule has 0 aliphatic heterocycles. The average Bonchev–Trinajstić information content (AvgIpc) is 2.40. The highest BCUT2D eigenvalue weighted by Gasteiger charge is 2.13. The van der Waals surface area contributed by atoms with Gasteiger partial charge in [-0.15, -0.1) is 0 Å². The maximum atomic E-state index is 2.38. The maximum Gasteiger partial charge on any atom is -0.0181 e. The Kier molecular flexibility index (Phi) is 3.13. The third-order valence-corrected chi connectivity index (χ3v) is 4.06. The lowest BCUT2D eigenvalue weighted by molar-refractivity contribution is 0.357. The Balaban J connectivity index is 1.80. The molecular formula is C17H20. The largest absolute Gasteiger partial charge is 0.0616 e. The molecule has 0 unspecified atom stereocenters. The molecule has 0 saturated heterocycles. The van der Waals surface area contributed by atoms with Gasteiger partial charge in [0.1, 0.15) is 0 Å². The summed E-state index contributed by atoms with van der Waals surface area (Å²) in [6.45, 7) is 0. The molecule has 1 aliphatic carbocycles. The summed E-state index contributed by atoms with van der Waals surface area (Å²) in [5.41, 5.74) is 1.52. The van der Waals surface area contributed by atoms with Crippen molar-refractivity contribution < 1.29 is 0 Å². The summed E-state index contributed by atoms with van der Waals surface area (Å²) in [4.78, 5) is 0. The van der Waals surface area contributed by atoms with Gasteiger partial charge in [0, 0.05) is 0 Å². The van der Waals surface area contributed by atoms with Gasteiger partial charge in [0.05, 0.1) is 0 Å². The molecule has 0 nitrogen and oxygen atoms in total. The van der Waals surface area contributed by atoms with E-state index in [0.717, 1.165) is 5.92 Å².